The molecule has 5 aromatic rings. The van der Waals surface area contributed by atoms with Crippen molar-refractivity contribution in [1.29, 1.82) is 0 Å². The van der Waals surface area contributed by atoms with Crippen LogP contribution in [0.3, 0.4) is 0 Å². The van der Waals surface area contributed by atoms with Crippen molar-refractivity contribution < 1.29 is 29.3 Å². The third-order valence-corrected chi connectivity index (χ3v) is 16.8. The Morgan fingerprint density at radius 1 is 0.875 bits per heavy atom. The van der Waals surface area contributed by atoms with Crippen LogP contribution in [-0.4, -0.2) is 71.7 Å². The summed E-state index contributed by atoms with van der Waals surface area (Å²) in [6, 6.07) is 37.6. The average molecular weight is 767 g/mol. The molecule has 4 atom stereocenters. The number of phenols is 1. The van der Waals surface area contributed by atoms with E-state index in [1.807, 2.05) is 91.0 Å². The van der Waals surface area contributed by atoms with Gasteiger partial charge in [0.25, 0.3) is 8.32 Å². The maximum Gasteiger partial charge on any atom is 0.261 e. The fourth-order valence-corrected chi connectivity index (χ4v) is 13.6. The van der Waals surface area contributed by atoms with Gasteiger partial charge in [-0.3, -0.25) is 19.5 Å². The number of fused-ring (bicyclic) bond motifs is 2. The van der Waals surface area contributed by atoms with Crippen LogP contribution in [0.4, 0.5) is 0 Å². The second kappa shape index (κ2) is 16.1. The van der Waals surface area contributed by atoms with Crippen molar-refractivity contribution in [3.63, 3.8) is 0 Å². The molecule has 56 heavy (non-hydrogen) atoms. The van der Waals surface area contributed by atoms with E-state index in [4.69, 9.17) is 4.43 Å². The standard InChI is InChI=1S/C47H50N2O6Si/c1-47(2,3)56(34-15-7-5-8-16-34,35-17-9-6-10-18-35)55-30-33-28-38-44(46(54)49(4)45(38)53)39(29-50)43(33)42(52)25-23-32(40-21-13-14-26-48-40)27-31-22-24-41(51)37-20-12-11-19-36(31)37/h5-22,24,26-27,38-39,42,44,50-52H,23,25,28-30H2,1-4H3/b32-27-/t38-,39+,42-,44-/m1/s1. The molecule has 2 amide bonds. The van der Waals surface area contributed by atoms with E-state index in [0.29, 0.717) is 12.0 Å². The molecule has 8 nitrogen and oxygen atoms in total. The second-order valence-electron chi connectivity index (χ2n) is 16.0. The first-order valence-electron chi connectivity index (χ1n) is 19.4. The summed E-state index contributed by atoms with van der Waals surface area (Å²) in [5, 5.41) is 37.5. The largest absolute Gasteiger partial charge is 0.507 e. The Kier molecular flexibility index (Phi) is 11.2. The van der Waals surface area contributed by atoms with Gasteiger partial charge in [-0.25, -0.2) is 0 Å². The van der Waals surface area contributed by atoms with Crippen molar-refractivity contribution in [2.45, 2.75) is 51.2 Å². The van der Waals surface area contributed by atoms with Crippen LogP contribution in [0.5, 0.6) is 5.75 Å². The van der Waals surface area contributed by atoms with Crippen LogP contribution in [0, 0.1) is 17.8 Å². The lowest BCUT2D eigenvalue weighted by atomic mass is 9.68. The number of imide groups is 1. The minimum Gasteiger partial charge on any atom is -0.507 e. The molecule has 1 aliphatic carbocycles. The zero-order valence-electron chi connectivity index (χ0n) is 32.4. The molecule has 9 heteroatoms. The van der Waals surface area contributed by atoms with Crippen LogP contribution >= 0.6 is 0 Å². The van der Waals surface area contributed by atoms with Gasteiger partial charge in [-0.15, -0.1) is 0 Å². The third kappa shape index (κ3) is 7.16. The highest BCUT2D eigenvalue weighted by molar-refractivity contribution is 6.99. The summed E-state index contributed by atoms with van der Waals surface area (Å²) in [6.45, 7) is 6.34. The molecule has 1 aliphatic heterocycles. The summed E-state index contributed by atoms with van der Waals surface area (Å²) in [6.07, 6.45) is 3.67. The number of amides is 2. The second-order valence-corrected chi connectivity index (χ2v) is 20.3. The Morgan fingerprint density at radius 2 is 1.50 bits per heavy atom. The van der Waals surface area contributed by atoms with E-state index in [2.05, 4.69) is 50.0 Å². The number of carbonyl (C=O) groups is 2. The van der Waals surface area contributed by atoms with Gasteiger partial charge in [-0.1, -0.05) is 118 Å². The van der Waals surface area contributed by atoms with Crippen molar-refractivity contribution in [3.8, 4) is 5.75 Å². The van der Waals surface area contributed by atoms with E-state index in [9.17, 15) is 24.9 Å². The molecule has 2 aliphatic rings. The van der Waals surface area contributed by atoms with Gasteiger partial charge in [-0.05, 0) is 86.6 Å². The lowest BCUT2D eigenvalue weighted by molar-refractivity contribution is -0.138. The average Bonchev–Trinajstić information content (AvgIpc) is 3.43. The summed E-state index contributed by atoms with van der Waals surface area (Å²) >= 11 is 0. The molecular weight excluding hydrogens is 717 g/mol. The summed E-state index contributed by atoms with van der Waals surface area (Å²) in [7, 11) is -1.53. The van der Waals surface area contributed by atoms with E-state index in [0.717, 1.165) is 43.5 Å². The number of phenolic OH excluding ortho intramolecular Hbond substituents is 1. The maximum absolute atomic E-state index is 13.6. The summed E-state index contributed by atoms with van der Waals surface area (Å²) in [5.74, 6) is -2.58. The normalized spacial score (nSPS) is 19.8. The number of aromatic nitrogens is 1. The first-order chi connectivity index (χ1) is 27.0. The van der Waals surface area contributed by atoms with E-state index < -0.39 is 38.8 Å². The van der Waals surface area contributed by atoms with Gasteiger partial charge in [0.1, 0.15) is 5.75 Å². The quantitative estimate of drug-likeness (QED) is 0.0732. The topological polar surface area (TPSA) is 120 Å². The van der Waals surface area contributed by atoms with E-state index in [1.165, 1.54) is 11.9 Å². The molecule has 0 radical (unpaired) electrons. The molecule has 0 spiro atoms. The van der Waals surface area contributed by atoms with Crippen molar-refractivity contribution in [2.75, 3.05) is 20.3 Å². The number of aromatic hydroxyl groups is 1. The Bertz CT molecular complexity index is 2230. The monoisotopic (exact) mass is 766 g/mol. The highest BCUT2D eigenvalue weighted by Crippen LogP contribution is 2.47. The summed E-state index contributed by atoms with van der Waals surface area (Å²) in [5.41, 5.74) is 3.88. The molecule has 4 aromatic carbocycles. The molecule has 0 bridgehead atoms. The first-order valence-corrected chi connectivity index (χ1v) is 21.3. The Hall–Kier alpha value is -5.19. The summed E-state index contributed by atoms with van der Waals surface area (Å²) in [4.78, 5) is 33.0. The van der Waals surface area contributed by atoms with Gasteiger partial charge in [0.15, 0.2) is 0 Å². The number of benzene rings is 4. The number of nitrogens with zero attached hydrogens (tertiary/aromatic N) is 2. The van der Waals surface area contributed by atoms with Gasteiger partial charge in [0, 0.05) is 24.5 Å². The van der Waals surface area contributed by atoms with Gasteiger partial charge in [-0.2, -0.15) is 0 Å². The zero-order chi connectivity index (χ0) is 39.6. The Morgan fingerprint density at radius 3 is 2.11 bits per heavy atom. The molecule has 0 saturated carbocycles. The lowest BCUT2D eigenvalue weighted by Crippen LogP contribution is -2.66. The van der Waals surface area contributed by atoms with Crippen LogP contribution in [0.25, 0.3) is 22.4 Å². The number of carbonyl (C=O) groups excluding carboxylic acids is 2. The van der Waals surface area contributed by atoms with Crippen molar-refractivity contribution in [3.05, 3.63) is 144 Å². The Balaban J connectivity index is 1.30. The van der Waals surface area contributed by atoms with E-state index in [1.54, 1.807) is 12.3 Å². The lowest BCUT2D eigenvalue weighted by Gasteiger charge is -2.44. The van der Waals surface area contributed by atoms with Crippen LogP contribution in [0.2, 0.25) is 5.04 Å². The SMILES string of the molecule is CN1C(=O)[C@@H]2[C@@H](CC(CO[Si](c3ccccc3)(c3ccccc3)C(C)(C)C)=C([C@H](O)CC/C(=C/c3ccc(O)c4ccccc34)c3ccccn3)[C@@H]2CO)C1=O. The molecule has 288 valence electrons. The van der Waals surface area contributed by atoms with Crippen LogP contribution in [0.15, 0.2) is 133 Å². The zero-order valence-corrected chi connectivity index (χ0v) is 33.4. The van der Waals surface area contributed by atoms with Gasteiger partial charge in [0.05, 0.1) is 36.8 Å². The van der Waals surface area contributed by atoms with Crippen molar-refractivity contribution >= 4 is 52.9 Å². The minimum atomic E-state index is -3.03. The highest BCUT2D eigenvalue weighted by atomic mass is 28.4. The van der Waals surface area contributed by atoms with Gasteiger partial charge < -0.3 is 19.7 Å². The molecule has 7 rings (SSSR count). The number of aliphatic hydroxyl groups excluding tert-OH is 2. The Labute approximate surface area is 329 Å². The van der Waals surface area contributed by atoms with E-state index in [-0.39, 0.29) is 42.1 Å². The minimum absolute atomic E-state index is 0.132. The number of hydrogen-bond acceptors (Lipinski definition) is 7. The van der Waals surface area contributed by atoms with Crippen molar-refractivity contribution in [2.24, 2.45) is 17.8 Å². The van der Waals surface area contributed by atoms with Gasteiger partial charge >= 0.3 is 0 Å². The molecule has 1 aromatic heterocycles. The molecule has 1 saturated heterocycles. The number of rotatable bonds is 12. The van der Waals surface area contributed by atoms with Crippen LogP contribution in [0.1, 0.15) is 51.3 Å². The number of pyridine rings is 1. The molecule has 2 heterocycles. The predicted molar refractivity (Wildman–Crippen MR) is 224 cm³/mol. The predicted octanol–water partition coefficient (Wildman–Crippen LogP) is 6.74. The number of aliphatic hydroxyl groups is 2. The van der Waals surface area contributed by atoms with Crippen LogP contribution in [-0.2, 0) is 14.0 Å². The molecule has 3 N–H and O–H groups in total. The number of likely N-dealkylation sites (tertiary alicyclic amines) is 1. The number of allylic oxidation sites excluding steroid dienone is 1. The summed E-state index contributed by atoms with van der Waals surface area (Å²) < 4.78 is 7.38. The van der Waals surface area contributed by atoms with E-state index >= 15 is 0 Å². The molecule has 0 unspecified atom stereocenters. The maximum atomic E-state index is 13.6. The fourth-order valence-electron chi connectivity index (χ4n) is 9.10. The molecule has 1 fully saturated rings. The smallest absolute Gasteiger partial charge is 0.261 e. The number of hydrogen-bond donors (Lipinski definition) is 3. The first kappa shape index (κ1) is 39.1. The van der Waals surface area contributed by atoms with Crippen LogP contribution < -0.4 is 10.4 Å². The van der Waals surface area contributed by atoms with Crippen molar-refractivity contribution in [1.82, 2.24) is 9.88 Å². The highest BCUT2D eigenvalue weighted by Gasteiger charge is 2.55. The third-order valence-electron chi connectivity index (χ3n) is 11.8. The fraction of sp³-hybridized carbons (Fsp3) is 0.298. The molecular formula is C47H50N2O6Si. The van der Waals surface area contributed by atoms with Gasteiger partial charge in [0.2, 0.25) is 11.8 Å².